The summed E-state index contributed by atoms with van der Waals surface area (Å²) in [6.07, 6.45) is 4.64. The number of nitrogens with one attached hydrogen (secondary N) is 1. The van der Waals surface area contributed by atoms with Crippen molar-refractivity contribution >= 4 is 0 Å². The number of rotatable bonds is 7. The van der Waals surface area contributed by atoms with Crippen molar-refractivity contribution in [2.75, 3.05) is 6.54 Å². The maximum absolute atomic E-state index is 10.2. The number of aliphatic hydroxyl groups is 1. The molecular formula is C14H29NO. The average Bonchev–Trinajstić information content (AvgIpc) is 2.91. The van der Waals surface area contributed by atoms with Crippen molar-refractivity contribution in [1.29, 1.82) is 0 Å². The highest BCUT2D eigenvalue weighted by molar-refractivity contribution is 4.97. The van der Waals surface area contributed by atoms with Gasteiger partial charge in [0.15, 0.2) is 0 Å². The van der Waals surface area contributed by atoms with Crippen molar-refractivity contribution in [3.63, 3.8) is 0 Å². The molecule has 2 unspecified atom stereocenters. The van der Waals surface area contributed by atoms with Gasteiger partial charge in [0.1, 0.15) is 0 Å². The molecular weight excluding hydrogens is 198 g/mol. The summed E-state index contributed by atoms with van der Waals surface area (Å²) in [7, 11) is 0. The smallest absolute Gasteiger partial charge is 0.0743 e. The zero-order chi connectivity index (χ0) is 12.4. The molecule has 2 heteroatoms. The second kappa shape index (κ2) is 5.05. The normalized spacial score (nSPS) is 24.2. The summed E-state index contributed by atoms with van der Waals surface area (Å²) in [5.41, 5.74) is -0.0576. The van der Waals surface area contributed by atoms with Crippen molar-refractivity contribution < 1.29 is 5.11 Å². The zero-order valence-corrected chi connectivity index (χ0v) is 11.6. The van der Waals surface area contributed by atoms with Crippen molar-refractivity contribution in [3.8, 4) is 0 Å². The maximum atomic E-state index is 10.2. The quantitative estimate of drug-likeness (QED) is 0.701. The van der Waals surface area contributed by atoms with Crippen LogP contribution in [0.25, 0.3) is 0 Å². The lowest BCUT2D eigenvalue weighted by atomic mass is 9.94. The Hall–Kier alpha value is -0.0800. The van der Waals surface area contributed by atoms with Crippen LogP contribution in [-0.4, -0.2) is 23.3 Å². The van der Waals surface area contributed by atoms with Crippen LogP contribution in [0.4, 0.5) is 0 Å². The SMILES string of the molecule is CC(C)CCC(C)(O)CNC(C)C1(C)CC1. The van der Waals surface area contributed by atoms with Crippen molar-refractivity contribution in [1.82, 2.24) is 5.32 Å². The van der Waals surface area contributed by atoms with E-state index in [-0.39, 0.29) is 0 Å². The predicted octanol–water partition coefficient (Wildman–Crippen LogP) is 2.95. The van der Waals surface area contributed by atoms with Gasteiger partial charge >= 0.3 is 0 Å². The topological polar surface area (TPSA) is 32.3 Å². The first-order chi connectivity index (χ1) is 7.25. The Morgan fingerprint density at radius 2 is 1.88 bits per heavy atom. The Kier molecular flexibility index (Phi) is 4.42. The lowest BCUT2D eigenvalue weighted by Crippen LogP contribution is -2.44. The van der Waals surface area contributed by atoms with Crippen LogP contribution in [-0.2, 0) is 0 Å². The molecule has 0 aliphatic heterocycles. The number of hydrogen-bond donors (Lipinski definition) is 2. The van der Waals surface area contributed by atoms with Crippen LogP contribution in [0.2, 0.25) is 0 Å². The Bertz CT molecular complexity index is 219. The Balaban J connectivity index is 2.24. The molecule has 0 spiro atoms. The highest BCUT2D eigenvalue weighted by Crippen LogP contribution is 2.47. The van der Waals surface area contributed by atoms with Crippen molar-refractivity contribution in [2.24, 2.45) is 11.3 Å². The maximum Gasteiger partial charge on any atom is 0.0743 e. The third-order valence-electron chi connectivity index (χ3n) is 4.13. The molecule has 0 bridgehead atoms. The summed E-state index contributed by atoms with van der Waals surface area (Å²) < 4.78 is 0. The van der Waals surface area contributed by atoms with Gasteiger partial charge in [-0.2, -0.15) is 0 Å². The van der Waals surface area contributed by atoms with Crippen LogP contribution in [0.3, 0.4) is 0 Å². The van der Waals surface area contributed by atoms with E-state index in [9.17, 15) is 5.11 Å². The molecule has 0 amide bonds. The molecule has 1 aliphatic carbocycles. The van der Waals surface area contributed by atoms with Crippen molar-refractivity contribution in [3.05, 3.63) is 0 Å². The molecule has 0 heterocycles. The monoisotopic (exact) mass is 227 g/mol. The second-order valence-electron chi connectivity index (χ2n) is 6.69. The second-order valence-corrected chi connectivity index (χ2v) is 6.69. The lowest BCUT2D eigenvalue weighted by molar-refractivity contribution is 0.0408. The first-order valence-corrected chi connectivity index (χ1v) is 6.71. The first kappa shape index (κ1) is 14.0. The minimum atomic E-state index is -0.552. The zero-order valence-electron chi connectivity index (χ0n) is 11.6. The van der Waals surface area contributed by atoms with Crippen LogP contribution >= 0.6 is 0 Å². The van der Waals surface area contributed by atoms with Gasteiger partial charge in [0.2, 0.25) is 0 Å². The molecule has 2 atom stereocenters. The predicted molar refractivity (Wildman–Crippen MR) is 69.5 cm³/mol. The van der Waals surface area contributed by atoms with E-state index in [2.05, 4.69) is 33.0 Å². The standard InChI is InChI=1S/C14H29NO/c1-11(2)6-7-14(5,16)10-15-12(3)13(4)8-9-13/h11-12,15-16H,6-10H2,1-5H3. The summed E-state index contributed by atoms with van der Waals surface area (Å²) in [5.74, 6) is 0.671. The molecule has 2 nitrogen and oxygen atoms in total. The summed E-state index contributed by atoms with van der Waals surface area (Å²) in [6, 6.07) is 0.526. The molecule has 0 saturated heterocycles. The van der Waals surface area contributed by atoms with E-state index < -0.39 is 5.60 Å². The summed E-state index contributed by atoms with van der Waals surface area (Å²) in [4.78, 5) is 0. The number of hydrogen-bond acceptors (Lipinski definition) is 2. The van der Waals surface area contributed by atoms with Crippen LogP contribution < -0.4 is 5.32 Å². The summed E-state index contributed by atoms with van der Waals surface area (Å²) in [5, 5.41) is 13.7. The molecule has 1 saturated carbocycles. The molecule has 2 N–H and O–H groups in total. The van der Waals surface area contributed by atoms with E-state index in [1.54, 1.807) is 0 Å². The highest BCUT2D eigenvalue weighted by Gasteiger charge is 2.42. The summed E-state index contributed by atoms with van der Waals surface area (Å²) >= 11 is 0. The van der Waals surface area contributed by atoms with Gasteiger partial charge in [-0.15, -0.1) is 0 Å². The van der Waals surface area contributed by atoms with Gasteiger partial charge in [-0.1, -0.05) is 20.8 Å². The first-order valence-electron chi connectivity index (χ1n) is 6.71. The van der Waals surface area contributed by atoms with Gasteiger partial charge in [-0.3, -0.25) is 0 Å². The molecule has 0 aromatic heterocycles. The fourth-order valence-corrected chi connectivity index (χ4v) is 1.94. The van der Waals surface area contributed by atoms with E-state index >= 15 is 0 Å². The van der Waals surface area contributed by atoms with Gasteiger partial charge < -0.3 is 10.4 Å². The van der Waals surface area contributed by atoms with E-state index in [4.69, 9.17) is 0 Å². The third-order valence-corrected chi connectivity index (χ3v) is 4.13. The van der Waals surface area contributed by atoms with Gasteiger partial charge in [-0.05, 0) is 50.9 Å². The van der Waals surface area contributed by atoms with Crippen LogP contribution in [0.15, 0.2) is 0 Å². The fourth-order valence-electron chi connectivity index (χ4n) is 1.94. The average molecular weight is 227 g/mol. The molecule has 96 valence electrons. The lowest BCUT2D eigenvalue weighted by Gasteiger charge is -2.29. The largest absolute Gasteiger partial charge is 0.389 e. The molecule has 16 heavy (non-hydrogen) atoms. The molecule has 0 radical (unpaired) electrons. The van der Waals surface area contributed by atoms with Crippen LogP contribution in [0, 0.1) is 11.3 Å². The molecule has 1 aliphatic rings. The van der Waals surface area contributed by atoms with E-state index in [0.29, 0.717) is 17.4 Å². The minimum Gasteiger partial charge on any atom is -0.389 e. The van der Waals surface area contributed by atoms with E-state index in [0.717, 1.165) is 19.4 Å². The molecule has 1 fully saturated rings. The Morgan fingerprint density at radius 1 is 1.31 bits per heavy atom. The van der Waals surface area contributed by atoms with Gasteiger partial charge in [0, 0.05) is 12.6 Å². The third kappa shape index (κ3) is 4.42. The van der Waals surface area contributed by atoms with Gasteiger partial charge in [-0.25, -0.2) is 0 Å². The van der Waals surface area contributed by atoms with Crippen molar-refractivity contribution in [2.45, 2.75) is 71.9 Å². The molecule has 1 rings (SSSR count). The van der Waals surface area contributed by atoms with Crippen LogP contribution in [0.1, 0.15) is 60.3 Å². The van der Waals surface area contributed by atoms with Gasteiger partial charge in [0.25, 0.3) is 0 Å². The molecule has 0 aromatic carbocycles. The van der Waals surface area contributed by atoms with Crippen LogP contribution in [0.5, 0.6) is 0 Å². The highest BCUT2D eigenvalue weighted by atomic mass is 16.3. The summed E-state index contributed by atoms with van der Waals surface area (Å²) in [6.45, 7) is 11.6. The Morgan fingerprint density at radius 3 is 2.31 bits per heavy atom. The Labute approximate surface area is 101 Å². The minimum absolute atomic E-state index is 0.494. The fraction of sp³-hybridized carbons (Fsp3) is 1.00. The van der Waals surface area contributed by atoms with Gasteiger partial charge in [0.05, 0.1) is 5.60 Å². The molecule has 0 aromatic rings. The van der Waals surface area contributed by atoms with E-state index in [1.165, 1.54) is 12.8 Å². The van der Waals surface area contributed by atoms with E-state index in [1.807, 2.05) is 6.92 Å².